The van der Waals surface area contributed by atoms with Gasteiger partial charge in [0.05, 0.1) is 0 Å². The van der Waals surface area contributed by atoms with E-state index in [1.54, 1.807) is 0 Å². The Morgan fingerprint density at radius 1 is 0.579 bits per heavy atom. The van der Waals surface area contributed by atoms with Gasteiger partial charge in [-0.1, -0.05) is 72.8 Å². The van der Waals surface area contributed by atoms with Crippen molar-refractivity contribution in [3.63, 3.8) is 0 Å². The van der Waals surface area contributed by atoms with Crippen LogP contribution in [0.2, 0.25) is 0 Å². The molecule has 0 radical (unpaired) electrons. The Morgan fingerprint density at radius 2 is 1.21 bits per heavy atom. The van der Waals surface area contributed by atoms with Crippen LogP contribution in [0.5, 0.6) is 0 Å². The number of fused-ring (bicyclic) bond motifs is 1. The van der Waals surface area contributed by atoms with Gasteiger partial charge in [-0.05, 0) is 10.8 Å². The molecule has 3 aromatic rings. The average Bonchev–Trinajstić information content (AvgIpc) is 2.40. The minimum atomic E-state index is 0. The third-order valence-corrected chi connectivity index (χ3v) is 2.75. The maximum atomic E-state index is 4.59. The van der Waals surface area contributed by atoms with Crippen molar-refractivity contribution in [3.05, 3.63) is 78.1 Å². The minimum Gasteiger partial charge on any atom is -1.00 e. The molecule has 1 nitrogen and oxygen atoms in total. The van der Waals surface area contributed by atoms with Crippen LogP contribution in [0, 0.1) is 0 Å². The van der Waals surface area contributed by atoms with Crippen molar-refractivity contribution in [3.8, 4) is 0 Å². The summed E-state index contributed by atoms with van der Waals surface area (Å²) < 4.78 is 0. The summed E-state index contributed by atoms with van der Waals surface area (Å²) in [6.45, 7) is 0. The zero-order valence-corrected chi connectivity index (χ0v) is 13.5. The van der Waals surface area contributed by atoms with Crippen molar-refractivity contribution in [1.29, 1.82) is 0 Å². The first-order valence-corrected chi connectivity index (χ1v) is 5.67. The van der Waals surface area contributed by atoms with Crippen molar-refractivity contribution in [2.75, 3.05) is 0 Å². The molecular weight excluding hydrogens is 310 g/mol. The Balaban J connectivity index is 0.000000902. The number of rotatable bonds is 2. The van der Waals surface area contributed by atoms with E-state index in [-0.39, 0.29) is 40.0 Å². The second kappa shape index (κ2) is 7.53. The van der Waals surface area contributed by atoms with Crippen molar-refractivity contribution >= 4 is 45.2 Å². The summed E-state index contributed by atoms with van der Waals surface area (Å²) in [5, 5.41) is 7.07. The fourth-order valence-electron chi connectivity index (χ4n) is 1.90. The van der Waals surface area contributed by atoms with Gasteiger partial charge in [0.1, 0.15) is 0 Å². The molecular formula is C16H12BrMgN. The smallest absolute Gasteiger partial charge is 1.00 e. The fourth-order valence-corrected chi connectivity index (χ4v) is 1.90. The molecule has 0 fully saturated rings. The van der Waals surface area contributed by atoms with E-state index in [2.05, 4.69) is 47.8 Å². The van der Waals surface area contributed by atoms with E-state index >= 15 is 0 Å². The van der Waals surface area contributed by atoms with Gasteiger partial charge in [0.15, 0.2) is 0 Å². The molecule has 0 N–H and O–H groups in total. The number of benzene rings is 3. The van der Waals surface area contributed by atoms with Crippen LogP contribution < -0.4 is 17.0 Å². The van der Waals surface area contributed by atoms with Gasteiger partial charge >= 0.3 is 23.1 Å². The molecule has 19 heavy (non-hydrogen) atoms. The van der Waals surface area contributed by atoms with Crippen molar-refractivity contribution in [1.82, 2.24) is 0 Å². The van der Waals surface area contributed by atoms with E-state index in [4.69, 9.17) is 0 Å². The van der Waals surface area contributed by atoms with Crippen molar-refractivity contribution in [2.45, 2.75) is 0 Å². The Kier molecular flexibility index (Phi) is 6.35. The third-order valence-electron chi connectivity index (χ3n) is 2.75. The first-order valence-electron chi connectivity index (χ1n) is 5.67. The molecule has 0 aliphatic rings. The topological polar surface area (TPSA) is 14.1 Å². The van der Waals surface area contributed by atoms with Crippen LogP contribution in [-0.4, -0.2) is 23.1 Å². The number of hydrogen-bond donors (Lipinski definition) is 0. The zero-order valence-electron chi connectivity index (χ0n) is 10.5. The molecule has 0 aromatic heterocycles. The molecule has 0 spiro atoms. The maximum Gasteiger partial charge on any atom is 2.00 e. The summed E-state index contributed by atoms with van der Waals surface area (Å²) >= 11 is 0. The monoisotopic (exact) mass is 321 g/mol. The molecule has 0 aliphatic carbocycles. The molecule has 90 valence electrons. The van der Waals surface area contributed by atoms with Crippen molar-refractivity contribution < 1.29 is 17.0 Å². The first kappa shape index (κ1) is 16.0. The van der Waals surface area contributed by atoms with Crippen molar-refractivity contribution in [2.24, 2.45) is 0 Å². The summed E-state index contributed by atoms with van der Waals surface area (Å²) in [5.74, 6) is 0. The Bertz CT molecular complexity index is 640. The van der Waals surface area contributed by atoms with Crippen LogP contribution in [0.4, 0.5) is 11.4 Å². The van der Waals surface area contributed by atoms with E-state index < -0.39 is 0 Å². The van der Waals surface area contributed by atoms with Gasteiger partial charge in [-0.25, -0.2) is 0 Å². The normalized spacial score (nSPS) is 9.26. The summed E-state index contributed by atoms with van der Waals surface area (Å²) in [6, 6.07) is 24.6. The molecule has 3 aromatic carbocycles. The molecule has 0 saturated carbocycles. The number of hydrogen-bond acceptors (Lipinski definition) is 0. The fraction of sp³-hybridized carbons (Fsp3) is 0. The molecule has 0 aliphatic heterocycles. The van der Waals surface area contributed by atoms with Crippen LogP contribution in [0.1, 0.15) is 0 Å². The van der Waals surface area contributed by atoms with Gasteiger partial charge in [0.25, 0.3) is 0 Å². The third kappa shape index (κ3) is 3.96. The standard InChI is InChI=1S/C16H12N.BrH.Mg/c1-2-8-15(9-3-1)17-16-11-10-13-6-4-5-7-14(13)12-16;;/h1-12H;1H;/q-1;;+2/p-1. The van der Waals surface area contributed by atoms with Gasteiger partial charge in [-0.2, -0.15) is 0 Å². The SMILES string of the molecule is [Br-].[Mg+2].c1ccc([N-]c2ccc3ccccc3c2)cc1. The molecule has 3 rings (SSSR count). The van der Waals surface area contributed by atoms with Gasteiger partial charge in [0.2, 0.25) is 0 Å². The molecule has 0 unspecified atom stereocenters. The number of para-hydroxylation sites is 1. The quantitative estimate of drug-likeness (QED) is 0.639. The second-order valence-corrected chi connectivity index (χ2v) is 3.98. The Hall–Kier alpha value is -1.03. The van der Waals surface area contributed by atoms with Gasteiger partial charge < -0.3 is 22.3 Å². The molecule has 0 saturated heterocycles. The molecule has 0 amide bonds. The Labute approximate surface area is 140 Å². The van der Waals surface area contributed by atoms with Gasteiger partial charge in [0, 0.05) is 0 Å². The van der Waals surface area contributed by atoms with E-state index in [1.807, 2.05) is 30.3 Å². The van der Waals surface area contributed by atoms with Crippen LogP contribution in [-0.2, 0) is 0 Å². The largest absolute Gasteiger partial charge is 2.00 e. The Morgan fingerprint density at radius 3 is 1.95 bits per heavy atom. The average molecular weight is 322 g/mol. The molecule has 0 bridgehead atoms. The zero-order chi connectivity index (χ0) is 11.5. The first-order chi connectivity index (χ1) is 8.42. The number of nitrogens with zero attached hydrogens (tertiary/aromatic N) is 1. The van der Waals surface area contributed by atoms with E-state index in [1.165, 1.54) is 10.8 Å². The van der Waals surface area contributed by atoms with E-state index in [9.17, 15) is 0 Å². The predicted octanol–water partition coefficient (Wildman–Crippen LogP) is 1.80. The minimum absolute atomic E-state index is 0. The summed E-state index contributed by atoms with van der Waals surface area (Å²) in [6.07, 6.45) is 0. The van der Waals surface area contributed by atoms with E-state index in [0.29, 0.717) is 0 Å². The number of halogens is 1. The van der Waals surface area contributed by atoms with Gasteiger partial charge in [-0.15, -0.1) is 11.4 Å². The second-order valence-electron chi connectivity index (χ2n) is 3.98. The summed E-state index contributed by atoms with van der Waals surface area (Å²) in [5.41, 5.74) is 1.98. The van der Waals surface area contributed by atoms with E-state index in [0.717, 1.165) is 11.4 Å². The predicted molar refractivity (Wildman–Crippen MR) is 78.8 cm³/mol. The summed E-state index contributed by atoms with van der Waals surface area (Å²) in [7, 11) is 0. The summed E-state index contributed by atoms with van der Waals surface area (Å²) in [4.78, 5) is 0. The van der Waals surface area contributed by atoms with Crippen LogP contribution in [0.15, 0.2) is 72.8 Å². The molecule has 0 heterocycles. The van der Waals surface area contributed by atoms with Gasteiger partial charge in [-0.3, -0.25) is 0 Å². The maximum absolute atomic E-state index is 4.59. The van der Waals surface area contributed by atoms with Crippen LogP contribution in [0.3, 0.4) is 0 Å². The molecule has 3 heteroatoms. The van der Waals surface area contributed by atoms with Crippen LogP contribution >= 0.6 is 0 Å². The molecule has 0 atom stereocenters. The van der Waals surface area contributed by atoms with Crippen LogP contribution in [0.25, 0.3) is 16.1 Å².